The molecule has 2 N–H and O–H groups in total. The number of nitrogens with zero attached hydrogens (tertiary/aromatic N) is 2. The molecular weight excluding hydrogens is 658 g/mol. The van der Waals surface area contributed by atoms with E-state index in [1.54, 1.807) is 25.7 Å². The van der Waals surface area contributed by atoms with Crippen LogP contribution in [0.5, 0.6) is 0 Å². The minimum atomic E-state index is -1.17. The lowest BCUT2D eigenvalue weighted by Crippen LogP contribution is -2.68. The van der Waals surface area contributed by atoms with Crippen LogP contribution in [-0.4, -0.2) is 82.4 Å². The zero-order valence-corrected chi connectivity index (χ0v) is 33.6. The highest BCUT2D eigenvalue weighted by Crippen LogP contribution is 2.76. The van der Waals surface area contributed by atoms with Gasteiger partial charge in [-0.3, -0.25) is 19.2 Å². The maximum atomic E-state index is 14.0. The van der Waals surface area contributed by atoms with Gasteiger partial charge in [-0.1, -0.05) is 48.5 Å². The molecule has 0 bridgehead atoms. The minimum absolute atomic E-state index is 0.0200. The van der Waals surface area contributed by atoms with Crippen LogP contribution in [0.25, 0.3) is 0 Å². The van der Waals surface area contributed by atoms with Gasteiger partial charge in [-0.15, -0.1) is 0 Å². The topological polar surface area (TPSA) is 133 Å². The quantitative estimate of drug-likeness (QED) is 0.282. The number of hydrogen-bond donors (Lipinski definition) is 2. The Bertz CT molecular complexity index is 1560. The van der Waals surface area contributed by atoms with Gasteiger partial charge < -0.3 is 25.0 Å². The number of ketones is 1. The fraction of sp³-hybridized carbons (Fsp3) is 0.833. The fourth-order valence-corrected chi connectivity index (χ4v) is 13.1. The third-order valence-electron chi connectivity index (χ3n) is 16.2. The van der Waals surface area contributed by atoms with Crippen LogP contribution in [0.3, 0.4) is 0 Å². The van der Waals surface area contributed by atoms with Gasteiger partial charge in [-0.25, -0.2) is 4.79 Å². The summed E-state index contributed by atoms with van der Waals surface area (Å²) in [7, 11) is 0. The SMILES string of the molecule is CC(=O)N1CCN(C(=O)NC23CC[C@]4(C)C(CCC5C6(C)CCC(OC(=O)CC(C)(C)C(=O)O)C(C)(C)C6CCC54C)C2=C(C(C)C)C(=O)C3)CC1. The number of aliphatic carboxylic acids is 1. The van der Waals surface area contributed by atoms with Crippen molar-refractivity contribution in [2.24, 2.45) is 50.7 Å². The number of fused-ring (bicyclic) bond motifs is 7. The number of carboxylic acid groups (broad SMARTS) is 1. The summed E-state index contributed by atoms with van der Waals surface area (Å²) >= 11 is 0. The average molecular weight is 724 g/mol. The van der Waals surface area contributed by atoms with Gasteiger partial charge in [0, 0.05) is 44.9 Å². The molecule has 3 amide bonds. The van der Waals surface area contributed by atoms with E-state index in [-0.39, 0.29) is 63.7 Å². The molecule has 5 aliphatic carbocycles. The van der Waals surface area contributed by atoms with E-state index in [4.69, 9.17) is 4.74 Å². The van der Waals surface area contributed by atoms with Crippen LogP contribution in [0.2, 0.25) is 0 Å². The van der Waals surface area contributed by atoms with E-state index in [0.717, 1.165) is 56.9 Å². The average Bonchev–Trinajstić information content (AvgIpc) is 3.34. The molecule has 1 heterocycles. The molecule has 0 aromatic rings. The summed E-state index contributed by atoms with van der Waals surface area (Å²) in [6.45, 7) is 23.0. The Morgan fingerprint density at radius 3 is 2.10 bits per heavy atom. The second kappa shape index (κ2) is 12.9. The highest BCUT2D eigenvalue weighted by molar-refractivity contribution is 6.02. The van der Waals surface area contributed by atoms with Gasteiger partial charge in [-0.2, -0.15) is 0 Å². The lowest BCUT2D eigenvalue weighted by atomic mass is 9.33. The summed E-state index contributed by atoms with van der Waals surface area (Å²) in [6, 6.07) is -0.124. The van der Waals surface area contributed by atoms with Crippen LogP contribution in [-0.2, 0) is 23.9 Å². The molecule has 0 radical (unpaired) electrons. The number of carboxylic acids is 1. The van der Waals surface area contributed by atoms with E-state index < -0.39 is 22.9 Å². The van der Waals surface area contributed by atoms with E-state index in [1.165, 1.54) is 5.57 Å². The number of piperazine rings is 1. The molecule has 10 nitrogen and oxygen atoms in total. The van der Waals surface area contributed by atoms with E-state index in [0.29, 0.717) is 44.4 Å². The van der Waals surface area contributed by atoms with E-state index in [9.17, 15) is 29.1 Å². The lowest BCUT2D eigenvalue weighted by molar-refractivity contribution is -0.232. The summed E-state index contributed by atoms with van der Waals surface area (Å²) in [4.78, 5) is 68.3. The molecule has 1 saturated heterocycles. The van der Waals surface area contributed by atoms with Crippen molar-refractivity contribution in [3.8, 4) is 0 Å². The number of hydrogen-bond acceptors (Lipinski definition) is 6. The van der Waals surface area contributed by atoms with Crippen molar-refractivity contribution in [2.75, 3.05) is 26.2 Å². The summed E-state index contributed by atoms with van der Waals surface area (Å²) in [5.41, 5.74) is 0.0540. The number of Topliss-reactive ketones (excluding diaryl/α,β-unsaturated/α-hetero) is 1. The normalized spacial score (nSPS) is 38.6. The van der Waals surface area contributed by atoms with Crippen molar-refractivity contribution in [3.63, 3.8) is 0 Å². The third-order valence-corrected chi connectivity index (χ3v) is 16.2. The fourth-order valence-electron chi connectivity index (χ4n) is 13.1. The molecule has 52 heavy (non-hydrogen) atoms. The van der Waals surface area contributed by atoms with Crippen LogP contribution in [0.15, 0.2) is 11.1 Å². The maximum Gasteiger partial charge on any atom is 0.318 e. The summed E-state index contributed by atoms with van der Waals surface area (Å²) in [5, 5.41) is 13.1. The molecule has 7 unspecified atom stereocenters. The Balaban J connectivity index is 1.26. The molecule has 0 aromatic carbocycles. The smallest absolute Gasteiger partial charge is 0.318 e. The van der Waals surface area contributed by atoms with Gasteiger partial charge in [0.2, 0.25) is 5.91 Å². The predicted octanol–water partition coefficient (Wildman–Crippen LogP) is 7.01. The molecule has 6 aliphatic rings. The first kappa shape index (κ1) is 38.8. The number of ether oxygens (including phenoxy) is 1. The molecule has 5 fully saturated rings. The number of carbonyl (C=O) groups excluding carboxylic acids is 4. The molecular formula is C42H65N3O7. The number of allylic oxidation sites excluding steroid dienone is 1. The first-order chi connectivity index (χ1) is 24.0. The van der Waals surface area contributed by atoms with Gasteiger partial charge in [-0.05, 0) is 116 Å². The first-order valence-electron chi connectivity index (χ1n) is 20.1. The third kappa shape index (κ3) is 5.82. The Kier molecular flexibility index (Phi) is 9.59. The highest BCUT2D eigenvalue weighted by atomic mass is 16.5. The number of amides is 3. The number of nitrogens with one attached hydrogen (secondary N) is 1. The van der Waals surface area contributed by atoms with Gasteiger partial charge >= 0.3 is 18.0 Å². The van der Waals surface area contributed by atoms with Crippen LogP contribution in [0.1, 0.15) is 133 Å². The van der Waals surface area contributed by atoms with Crippen molar-refractivity contribution in [1.29, 1.82) is 0 Å². The minimum Gasteiger partial charge on any atom is -0.481 e. The summed E-state index contributed by atoms with van der Waals surface area (Å²) in [5.74, 6) is -0.143. The van der Waals surface area contributed by atoms with Crippen molar-refractivity contribution in [3.05, 3.63) is 11.1 Å². The van der Waals surface area contributed by atoms with Crippen molar-refractivity contribution < 1.29 is 33.8 Å². The molecule has 6 rings (SSSR count). The first-order valence-corrected chi connectivity index (χ1v) is 20.1. The van der Waals surface area contributed by atoms with E-state index in [1.807, 2.05) is 4.90 Å². The van der Waals surface area contributed by atoms with Crippen LogP contribution in [0, 0.1) is 50.7 Å². The Hall–Kier alpha value is -2.91. The Labute approximate surface area is 311 Å². The zero-order valence-electron chi connectivity index (χ0n) is 33.6. The molecule has 1 aliphatic heterocycles. The number of urea groups is 1. The van der Waals surface area contributed by atoms with Gasteiger partial charge in [0.15, 0.2) is 5.78 Å². The van der Waals surface area contributed by atoms with Gasteiger partial charge in [0.1, 0.15) is 6.10 Å². The Morgan fingerprint density at radius 1 is 0.865 bits per heavy atom. The number of rotatable bonds is 6. The molecule has 0 aromatic heterocycles. The van der Waals surface area contributed by atoms with Crippen molar-refractivity contribution in [2.45, 2.75) is 145 Å². The molecule has 4 saturated carbocycles. The zero-order chi connectivity index (χ0) is 38.4. The van der Waals surface area contributed by atoms with Gasteiger partial charge in [0.05, 0.1) is 17.4 Å². The second-order valence-corrected chi connectivity index (χ2v) is 19.9. The highest BCUT2D eigenvalue weighted by Gasteiger charge is 2.70. The maximum absolute atomic E-state index is 14.0. The molecule has 290 valence electrons. The van der Waals surface area contributed by atoms with Crippen molar-refractivity contribution in [1.82, 2.24) is 15.1 Å². The number of carbonyl (C=O) groups is 5. The van der Waals surface area contributed by atoms with Crippen LogP contribution < -0.4 is 5.32 Å². The molecule has 10 heteroatoms. The van der Waals surface area contributed by atoms with E-state index in [2.05, 4.69) is 53.8 Å². The second-order valence-electron chi connectivity index (χ2n) is 19.9. The molecule has 0 spiro atoms. The summed E-state index contributed by atoms with van der Waals surface area (Å²) < 4.78 is 6.15. The Morgan fingerprint density at radius 2 is 1.50 bits per heavy atom. The monoisotopic (exact) mass is 723 g/mol. The van der Waals surface area contributed by atoms with E-state index >= 15 is 0 Å². The standard InChI is InChI=1S/C42H65N3O7/c1-25(2)33-28(47)23-42(43-36(51)45-21-19-44(20-22-45)26(3)46)18-17-40(9)27(34(33)42)11-12-30-39(8)15-14-31(52-32(48)24-37(4,5)35(49)50)38(6,7)29(39)13-16-41(30,40)10/h25,27,29-31H,11-24H2,1-10H3,(H,43,51)(H,49,50)/t27?,29?,30?,31?,39?,40-,41?,42?/m1/s1. The lowest BCUT2D eigenvalue weighted by Gasteiger charge is -2.72. The summed E-state index contributed by atoms with van der Waals surface area (Å²) in [6.07, 6.45) is 7.45. The van der Waals surface area contributed by atoms with Crippen molar-refractivity contribution >= 4 is 29.7 Å². The van der Waals surface area contributed by atoms with Crippen LogP contribution >= 0.6 is 0 Å². The number of esters is 1. The molecule has 8 atom stereocenters. The predicted molar refractivity (Wildman–Crippen MR) is 198 cm³/mol. The van der Waals surface area contributed by atoms with Crippen LogP contribution in [0.4, 0.5) is 4.79 Å². The largest absolute Gasteiger partial charge is 0.481 e. The van der Waals surface area contributed by atoms with Gasteiger partial charge in [0.25, 0.3) is 0 Å².